The first-order chi connectivity index (χ1) is 10.2. The summed E-state index contributed by atoms with van der Waals surface area (Å²) in [6.07, 6.45) is 0.386. The van der Waals surface area contributed by atoms with E-state index in [1.165, 1.54) is 36.2 Å². The maximum absolute atomic E-state index is 12.1. The number of hydrogen-bond donors (Lipinski definition) is 2. The van der Waals surface area contributed by atoms with Gasteiger partial charge in [-0.15, -0.1) is 0 Å². The number of hydrogen-bond acceptors (Lipinski definition) is 4. The number of carboxylic acid groups (broad SMARTS) is 1. The monoisotopic (exact) mass is 328 g/mol. The molecular weight excluding hydrogens is 308 g/mol. The SMILES string of the molecule is CCCS(=O)(=O)Nc1ccc(C(=O)N(C)CCC(=O)O)cc1. The number of rotatable bonds is 8. The third kappa shape index (κ3) is 5.72. The van der Waals surface area contributed by atoms with Gasteiger partial charge in [-0.2, -0.15) is 0 Å². The zero-order valence-corrected chi connectivity index (χ0v) is 13.4. The van der Waals surface area contributed by atoms with E-state index in [0.29, 0.717) is 17.7 Å². The highest BCUT2D eigenvalue weighted by Crippen LogP contribution is 2.13. The van der Waals surface area contributed by atoms with Crippen LogP contribution in [0.3, 0.4) is 0 Å². The number of sulfonamides is 1. The Morgan fingerprint density at radius 1 is 1.23 bits per heavy atom. The van der Waals surface area contributed by atoms with Crippen LogP contribution in [0, 0.1) is 0 Å². The summed E-state index contributed by atoms with van der Waals surface area (Å²) in [4.78, 5) is 23.9. The molecule has 0 heterocycles. The van der Waals surface area contributed by atoms with E-state index in [0.717, 1.165) is 0 Å². The molecule has 0 radical (unpaired) electrons. The first kappa shape index (κ1) is 18.0. The molecule has 8 heteroatoms. The summed E-state index contributed by atoms with van der Waals surface area (Å²) in [6.45, 7) is 1.88. The van der Waals surface area contributed by atoms with Gasteiger partial charge in [-0.05, 0) is 30.7 Å². The third-order valence-corrected chi connectivity index (χ3v) is 4.38. The van der Waals surface area contributed by atoms with Crippen molar-refractivity contribution in [3.8, 4) is 0 Å². The largest absolute Gasteiger partial charge is 0.481 e. The third-order valence-electron chi connectivity index (χ3n) is 2.89. The van der Waals surface area contributed by atoms with Crippen molar-refractivity contribution < 1.29 is 23.1 Å². The van der Waals surface area contributed by atoms with Gasteiger partial charge in [-0.3, -0.25) is 14.3 Å². The number of nitrogens with one attached hydrogen (secondary N) is 1. The van der Waals surface area contributed by atoms with Crippen LogP contribution >= 0.6 is 0 Å². The Labute approximate surface area is 130 Å². The Balaban J connectivity index is 2.72. The van der Waals surface area contributed by atoms with Gasteiger partial charge >= 0.3 is 5.97 Å². The Kier molecular flexibility index (Phi) is 6.36. The van der Waals surface area contributed by atoms with Crippen molar-refractivity contribution in [2.45, 2.75) is 19.8 Å². The topological polar surface area (TPSA) is 104 Å². The fourth-order valence-corrected chi connectivity index (χ4v) is 2.90. The minimum atomic E-state index is -3.36. The quantitative estimate of drug-likeness (QED) is 0.750. The zero-order chi connectivity index (χ0) is 16.8. The van der Waals surface area contributed by atoms with Gasteiger partial charge in [0.2, 0.25) is 10.0 Å². The molecule has 0 atom stereocenters. The van der Waals surface area contributed by atoms with Crippen molar-refractivity contribution in [1.82, 2.24) is 4.90 Å². The van der Waals surface area contributed by atoms with Crippen molar-refractivity contribution in [2.75, 3.05) is 24.1 Å². The Morgan fingerprint density at radius 3 is 2.32 bits per heavy atom. The molecule has 0 aliphatic carbocycles. The van der Waals surface area contributed by atoms with Crippen LogP contribution in [-0.4, -0.2) is 49.6 Å². The van der Waals surface area contributed by atoms with Crippen LogP contribution in [0.5, 0.6) is 0 Å². The lowest BCUT2D eigenvalue weighted by molar-refractivity contribution is -0.137. The van der Waals surface area contributed by atoms with E-state index >= 15 is 0 Å². The lowest BCUT2D eigenvalue weighted by atomic mass is 10.2. The molecule has 0 aliphatic rings. The van der Waals surface area contributed by atoms with E-state index in [1.807, 2.05) is 0 Å². The highest BCUT2D eigenvalue weighted by Gasteiger charge is 2.13. The molecule has 0 spiro atoms. The van der Waals surface area contributed by atoms with Crippen LogP contribution in [0.1, 0.15) is 30.1 Å². The number of nitrogens with zero attached hydrogens (tertiary/aromatic N) is 1. The molecule has 1 aromatic rings. The smallest absolute Gasteiger partial charge is 0.305 e. The number of amides is 1. The molecule has 0 saturated heterocycles. The maximum Gasteiger partial charge on any atom is 0.305 e. The maximum atomic E-state index is 12.1. The van der Waals surface area contributed by atoms with Crippen molar-refractivity contribution in [1.29, 1.82) is 0 Å². The van der Waals surface area contributed by atoms with Crippen LogP contribution in [0.4, 0.5) is 5.69 Å². The van der Waals surface area contributed by atoms with E-state index in [9.17, 15) is 18.0 Å². The predicted molar refractivity (Wildman–Crippen MR) is 83.4 cm³/mol. The van der Waals surface area contributed by atoms with E-state index in [-0.39, 0.29) is 24.6 Å². The predicted octanol–water partition coefficient (Wildman–Crippen LogP) is 1.39. The van der Waals surface area contributed by atoms with E-state index in [1.54, 1.807) is 6.92 Å². The van der Waals surface area contributed by atoms with E-state index in [2.05, 4.69) is 4.72 Å². The molecule has 0 saturated carbocycles. The molecule has 1 rings (SSSR count). The van der Waals surface area contributed by atoms with Gasteiger partial charge < -0.3 is 10.0 Å². The molecule has 22 heavy (non-hydrogen) atoms. The molecule has 0 bridgehead atoms. The normalized spacial score (nSPS) is 11.0. The van der Waals surface area contributed by atoms with Crippen molar-refractivity contribution in [3.05, 3.63) is 29.8 Å². The van der Waals surface area contributed by atoms with Gasteiger partial charge in [-0.25, -0.2) is 8.42 Å². The summed E-state index contributed by atoms with van der Waals surface area (Å²) in [5.41, 5.74) is 0.754. The van der Waals surface area contributed by atoms with Gasteiger partial charge in [-0.1, -0.05) is 6.92 Å². The number of anilines is 1. The molecule has 122 valence electrons. The molecule has 0 fully saturated rings. The highest BCUT2D eigenvalue weighted by atomic mass is 32.2. The van der Waals surface area contributed by atoms with Gasteiger partial charge in [0.05, 0.1) is 12.2 Å². The molecule has 1 aromatic carbocycles. The summed E-state index contributed by atoms with van der Waals surface area (Å²) in [5, 5.41) is 8.60. The second-order valence-corrected chi connectivity index (χ2v) is 6.71. The summed E-state index contributed by atoms with van der Waals surface area (Å²) in [6, 6.07) is 6.02. The molecule has 2 N–H and O–H groups in total. The molecule has 7 nitrogen and oxygen atoms in total. The second kappa shape index (κ2) is 7.79. The lowest BCUT2D eigenvalue weighted by Crippen LogP contribution is -2.29. The number of carbonyl (C=O) groups is 2. The minimum Gasteiger partial charge on any atom is -0.481 e. The standard InChI is InChI=1S/C14H20N2O5S/c1-3-10-22(20,21)15-12-6-4-11(5-7-12)14(19)16(2)9-8-13(17)18/h4-7,15H,3,8-10H2,1-2H3,(H,17,18). The van der Waals surface area contributed by atoms with Gasteiger partial charge in [0, 0.05) is 24.8 Å². The summed E-state index contributed by atoms with van der Waals surface area (Å²) in [5.74, 6) is -1.25. The van der Waals surface area contributed by atoms with Gasteiger partial charge in [0.15, 0.2) is 0 Å². The molecule has 0 aromatic heterocycles. The number of carboxylic acids is 1. The Bertz CT molecular complexity index is 625. The van der Waals surface area contributed by atoms with Crippen LogP contribution in [-0.2, 0) is 14.8 Å². The molecule has 0 unspecified atom stereocenters. The highest BCUT2D eigenvalue weighted by molar-refractivity contribution is 7.92. The average molecular weight is 328 g/mol. The Hall–Kier alpha value is -2.09. The zero-order valence-electron chi connectivity index (χ0n) is 12.6. The second-order valence-electron chi connectivity index (χ2n) is 4.87. The van der Waals surface area contributed by atoms with Gasteiger partial charge in [0.1, 0.15) is 0 Å². The number of benzene rings is 1. The van der Waals surface area contributed by atoms with Crippen LogP contribution in [0.25, 0.3) is 0 Å². The van der Waals surface area contributed by atoms with Crippen LogP contribution < -0.4 is 4.72 Å². The summed E-state index contributed by atoms with van der Waals surface area (Å²) >= 11 is 0. The number of aliphatic carboxylic acids is 1. The summed E-state index contributed by atoms with van der Waals surface area (Å²) < 4.78 is 25.7. The fraction of sp³-hybridized carbons (Fsp3) is 0.429. The van der Waals surface area contributed by atoms with Crippen molar-refractivity contribution >= 4 is 27.6 Å². The van der Waals surface area contributed by atoms with E-state index in [4.69, 9.17) is 5.11 Å². The minimum absolute atomic E-state index is 0.0333. The average Bonchev–Trinajstić information content (AvgIpc) is 2.44. The molecular formula is C14H20N2O5S. The van der Waals surface area contributed by atoms with Crippen molar-refractivity contribution in [2.24, 2.45) is 0 Å². The van der Waals surface area contributed by atoms with Gasteiger partial charge in [0.25, 0.3) is 5.91 Å². The van der Waals surface area contributed by atoms with Crippen LogP contribution in [0.2, 0.25) is 0 Å². The number of carbonyl (C=O) groups excluding carboxylic acids is 1. The first-order valence-electron chi connectivity index (χ1n) is 6.83. The summed E-state index contributed by atoms with van der Waals surface area (Å²) in [7, 11) is -1.85. The van der Waals surface area contributed by atoms with E-state index < -0.39 is 16.0 Å². The Morgan fingerprint density at radius 2 is 1.82 bits per heavy atom. The van der Waals surface area contributed by atoms with Crippen molar-refractivity contribution in [3.63, 3.8) is 0 Å². The van der Waals surface area contributed by atoms with Crippen LogP contribution in [0.15, 0.2) is 24.3 Å². The fourth-order valence-electron chi connectivity index (χ4n) is 1.77. The molecule has 1 amide bonds. The molecule has 0 aliphatic heterocycles. The lowest BCUT2D eigenvalue weighted by Gasteiger charge is -2.16. The first-order valence-corrected chi connectivity index (χ1v) is 8.48.